The molecule has 2 rings (SSSR count). The number of aryl methyl sites for hydroxylation is 1. The highest BCUT2D eigenvalue weighted by Crippen LogP contribution is 2.20. The summed E-state index contributed by atoms with van der Waals surface area (Å²) >= 11 is 3.92. The molecule has 0 bridgehead atoms. The fourth-order valence-corrected chi connectivity index (χ4v) is 1.98. The monoisotopic (exact) mass is 266 g/mol. The molecule has 96 valence electrons. The molecule has 0 radical (unpaired) electrons. The van der Waals surface area contributed by atoms with Gasteiger partial charge in [0.05, 0.1) is 17.0 Å². The Morgan fingerprint density at radius 1 is 1.44 bits per heavy atom. The lowest BCUT2D eigenvalue weighted by atomic mass is 10.0. The minimum atomic E-state index is -1.06. The molecule has 18 heavy (non-hydrogen) atoms. The van der Waals surface area contributed by atoms with Gasteiger partial charge in [-0.15, -0.1) is 0 Å². The van der Waals surface area contributed by atoms with Gasteiger partial charge >= 0.3 is 0 Å². The molecule has 2 aromatic rings. The van der Waals surface area contributed by atoms with Crippen LogP contribution in [0.4, 0.5) is 0 Å². The quantitative estimate of drug-likeness (QED) is 0.611. The summed E-state index contributed by atoms with van der Waals surface area (Å²) < 4.78 is 0. The summed E-state index contributed by atoms with van der Waals surface area (Å²) in [7, 11) is 0. The Balaban J connectivity index is 2.54. The fraction of sp³-hybridized carbons (Fsp3) is 0.333. The van der Waals surface area contributed by atoms with E-state index in [2.05, 4.69) is 22.6 Å². The van der Waals surface area contributed by atoms with E-state index in [1.54, 1.807) is 19.1 Å². The van der Waals surface area contributed by atoms with E-state index in [-0.39, 0.29) is 11.3 Å². The number of fused-ring (bicyclic) bond motifs is 1. The molecule has 1 heterocycles. The molecule has 3 N–H and O–H groups in total. The Bertz CT molecular complexity index is 626. The number of benzene rings is 1. The van der Waals surface area contributed by atoms with Crippen molar-refractivity contribution < 1.29 is 10.2 Å². The zero-order valence-electron chi connectivity index (χ0n) is 9.79. The van der Waals surface area contributed by atoms with Crippen LogP contribution in [-0.2, 0) is 0 Å². The summed E-state index contributed by atoms with van der Waals surface area (Å²) in [6, 6.07) is 4.84. The molecule has 5 nitrogen and oxygen atoms in total. The Morgan fingerprint density at radius 2 is 2.17 bits per heavy atom. The lowest BCUT2D eigenvalue weighted by Gasteiger charge is -2.16. The maximum absolute atomic E-state index is 11.8. The second-order valence-electron chi connectivity index (χ2n) is 4.12. The van der Waals surface area contributed by atoms with E-state index in [0.29, 0.717) is 22.3 Å². The summed E-state index contributed by atoms with van der Waals surface area (Å²) in [5, 5.41) is 19.8. The number of H-pyrrole nitrogens is 1. The first-order chi connectivity index (χ1) is 8.52. The molecule has 0 saturated carbocycles. The first-order valence-corrected chi connectivity index (χ1v) is 6.13. The minimum absolute atomic E-state index is 0.141. The molecule has 0 fully saturated rings. The number of aromatic nitrogens is 2. The normalized spacial score (nSPS) is 14.7. The van der Waals surface area contributed by atoms with E-state index >= 15 is 0 Å². The number of thiol groups is 1. The van der Waals surface area contributed by atoms with Gasteiger partial charge in [0.15, 0.2) is 0 Å². The van der Waals surface area contributed by atoms with Gasteiger partial charge in [0.2, 0.25) is 0 Å². The van der Waals surface area contributed by atoms with Crippen LogP contribution in [0.3, 0.4) is 0 Å². The van der Waals surface area contributed by atoms with Gasteiger partial charge in [0.25, 0.3) is 5.56 Å². The van der Waals surface area contributed by atoms with Crippen molar-refractivity contribution >= 4 is 23.5 Å². The first kappa shape index (κ1) is 13.1. The van der Waals surface area contributed by atoms with E-state index in [4.69, 9.17) is 0 Å². The Hall–Kier alpha value is -1.37. The predicted octanol–water partition coefficient (Wildman–Crippen LogP) is 0.556. The third kappa shape index (κ3) is 2.40. The van der Waals surface area contributed by atoms with Crippen LogP contribution in [-0.4, -0.2) is 32.0 Å². The van der Waals surface area contributed by atoms with E-state index < -0.39 is 12.2 Å². The molecule has 2 atom stereocenters. The number of aliphatic hydroxyl groups is 2. The van der Waals surface area contributed by atoms with Gasteiger partial charge in [-0.25, -0.2) is 4.98 Å². The summed E-state index contributed by atoms with van der Waals surface area (Å²) in [5.41, 5.74) is 0.777. The number of aromatic amines is 1. The van der Waals surface area contributed by atoms with Crippen molar-refractivity contribution in [2.24, 2.45) is 0 Å². The molecule has 0 aliphatic carbocycles. The van der Waals surface area contributed by atoms with Crippen molar-refractivity contribution in [3.63, 3.8) is 0 Å². The number of nitrogens with zero attached hydrogens (tertiary/aromatic N) is 1. The van der Waals surface area contributed by atoms with E-state index in [9.17, 15) is 15.0 Å². The fourth-order valence-electron chi connectivity index (χ4n) is 1.78. The minimum Gasteiger partial charge on any atom is -0.389 e. The Labute approximate surface area is 109 Å². The smallest absolute Gasteiger partial charge is 0.258 e. The van der Waals surface area contributed by atoms with Crippen molar-refractivity contribution in [3.05, 3.63) is 39.9 Å². The van der Waals surface area contributed by atoms with Gasteiger partial charge in [0.1, 0.15) is 11.9 Å². The van der Waals surface area contributed by atoms with Gasteiger partial charge < -0.3 is 15.2 Å². The van der Waals surface area contributed by atoms with Crippen LogP contribution in [0.15, 0.2) is 23.0 Å². The van der Waals surface area contributed by atoms with Gasteiger partial charge in [-0.2, -0.15) is 12.6 Å². The number of hydrogen-bond acceptors (Lipinski definition) is 5. The lowest BCUT2D eigenvalue weighted by molar-refractivity contribution is 0.0338. The zero-order chi connectivity index (χ0) is 13.3. The average Bonchev–Trinajstić information content (AvgIpc) is 2.36. The summed E-state index contributed by atoms with van der Waals surface area (Å²) in [5.74, 6) is 0.679. The molecule has 1 aromatic heterocycles. The van der Waals surface area contributed by atoms with Crippen molar-refractivity contribution in [2.45, 2.75) is 19.1 Å². The molecule has 0 aliphatic rings. The number of hydrogen-bond donors (Lipinski definition) is 4. The lowest BCUT2D eigenvalue weighted by Crippen LogP contribution is -2.20. The number of rotatable bonds is 3. The van der Waals surface area contributed by atoms with Crippen LogP contribution < -0.4 is 5.56 Å². The zero-order valence-corrected chi connectivity index (χ0v) is 10.7. The topological polar surface area (TPSA) is 86.2 Å². The van der Waals surface area contributed by atoms with E-state index in [0.717, 1.165) is 0 Å². The first-order valence-electron chi connectivity index (χ1n) is 5.50. The van der Waals surface area contributed by atoms with Crippen molar-refractivity contribution in [3.8, 4) is 0 Å². The second-order valence-corrected chi connectivity index (χ2v) is 4.49. The predicted molar refractivity (Wildman–Crippen MR) is 71.9 cm³/mol. The van der Waals surface area contributed by atoms with Gasteiger partial charge in [-0.3, -0.25) is 4.79 Å². The van der Waals surface area contributed by atoms with Gasteiger partial charge in [0, 0.05) is 5.75 Å². The molecular weight excluding hydrogens is 252 g/mol. The number of nitrogens with one attached hydrogen (secondary N) is 1. The Morgan fingerprint density at radius 3 is 2.83 bits per heavy atom. The molecule has 0 amide bonds. The summed E-state index contributed by atoms with van der Waals surface area (Å²) in [4.78, 5) is 18.5. The van der Waals surface area contributed by atoms with E-state index in [1.807, 2.05) is 0 Å². The molecular formula is C12H14N2O3S. The Kier molecular flexibility index (Phi) is 3.70. The maximum Gasteiger partial charge on any atom is 0.258 e. The van der Waals surface area contributed by atoms with Crippen LogP contribution in [0, 0.1) is 6.92 Å². The molecule has 0 saturated heterocycles. The third-order valence-electron chi connectivity index (χ3n) is 2.74. The highest BCUT2D eigenvalue weighted by Gasteiger charge is 2.17. The van der Waals surface area contributed by atoms with Crippen LogP contribution in [0.5, 0.6) is 0 Å². The summed E-state index contributed by atoms with van der Waals surface area (Å²) in [6.07, 6.45) is -2.03. The number of aliphatic hydroxyl groups excluding tert-OH is 2. The maximum atomic E-state index is 11.8. The second kappa shape index (κ2) is 5.09. The van der Waals surface area contributed by atoms with Crippen LogP contribution in [0.25, 0.3) is 10.9 Å². The highest BCUT2D eigenvalue weighted by atomic mass is 32.1. The highest BCUT2D eigenvalue weighted by molar-refractivity contribution is 7.80. The van der Waals surface area contributed by atoms with Crippen LogP contribution in [0.1, 0.15) is 17.5 Å². The molecule has 1 aromatic carbocycles. The van der Waals surface area contributed by atoms with Crippen molar-refractivity contribution in [1.82, 2.24) is 9.97 Å². The average molecular weight is 266 g/mol. The third-order valence-corrected chi connectivity index (χ3v) is 3.11. The van der Waals surface area contributed by atoms with Crippen LogP contribution >= 0.6 is 12.6 Å². The van der Waals surface area contributed by atoms with Gasteiger partial charge in [-0.05, 0) is 24.6 Å². The van der Waals surface area contributed by atoms with Gasteiger partial charge in [-0.1, -0.05) is 6.07 Å². The van der Waals surface area contributed by atoms with E-state index in [1.165, 1.54) is 6.07 Å². The van der Waals surface area contributed by atoms with Crippen molar-refractivity contribution in [2.75, 3.05) is 5.75 Å². The molecule has 2 unspecified atom stereocenters. The largest absolute Gasteiger partial charge is 0.389 e. The molecule has 0 spiro atoms. The standard InChI is InChI=1S/C12H14N2O3S/c1-6-13-9-3-2-7(11(16)10(15)5-18)4-8(9)12(17)14-6/h2-4,10-11,15-16,18H,5H2,1H3,(H,13,14,17). The van der Waals surface area contributed by atoms with Crippen molar-refractivity contribution in [1.29, 1.82) is 0 Å². The molecule has 6 heteroatoms. The SMILES string of the molecule is Cc1nc2ccc(C(O)C(O)CS)cc2c(=O)[nH]1. The molecule has 0 aliphatic heterocycles. The summed E-state index contributed by atoms with van der Waals surface area (Å²) in [6.45, 7) is 1.70. The van der Waals surface area contributed by atoms with Crippen LogP contribution in [0.2, 0.25) is 0 Å².